The van der Waals surface area contributed by atoms with Crippen molar-refractivity contribution in [2.45, 2.75) is 13.3 Å². The molecular weight excluding hydrogens is 112 g/mol. The minimum Gasteiger partial charge on any atom is -0.165 e. The van der Waals surface area contributed by atoms with Crippen molar-refractivity contribution in [3.05, 3.63) is 11.8 Å². The van der Waals surface area contributed by atoms with Crippen LogP contribution in [0.3, 0.4) is 0 Å². The van der Waals surface area contributed by atoms with E-state index in [9.17, 15) is 0 Å². The molecule has 6 heavy (non-hydrogen) atoms. The van der Waals surface area contributed by atoms with Crippen molar-refractivity contribution in [3.8, 4) is 0 Å². The molecule has 0 atom stereocenters. The normalized spacial score (nSPS) is 10.3. The summed E-state index contributed by atoms with van der Waals surface area (Å²) in [5, 5.41) is 0. The molecule has 0 aromatic heterocycles. The van der Waals surface area contributed by atoms with Crippen LogP contribution in [0.25, 0.3) is 0 Å². The van der Waals surface area contributed by atoms with Gasteiger partial charge >= 0.3 is 0 Å². The molecule has 0 N–H and O–H groups in total. The van der Waals surface area contributed by atoms with E-state index < -0.39 is 0 Å². The quantitative estimate of drug-likeness (QED) is 0.383. The van der Waals surface area contributed by atoms with Crippen molar-refractivity contribution < 1.29 is 0 Å². The van der Waals surface area contributed by atoms with E-state index in [1.807, 2.05) is 5.70 Å². The first-order valence-corrected chi connectivity index (χ1v) is 4.02. The van der Waals surface area contributed by atoms with Crippen LogP contribution in [0.5, 0.6) is 0 Å². The smallest absolute Gasteiger partial charge is 0.165 e. The average Bonchev–Trinajstić information content (AvgIpc) is 1.61. The lowest BCUT2D eigenvalue weighted by atomic mass is 10.5. The van der Waals surface area contributed by atoms with Crippen molar-refractivity contribution in [1.29, 1.82) is 0 Å². The third-order valence-corrected chi connectivity index (χ3v) is 1.16. The minimum absolute atomic E-state index is 0.456. The van der Waals surface area contributed by atoms with Gasteiger partial charge in [-0.15, -0.1) is 0 Å². The van der Waals surface area contributed by atoms with E-state index in [0.717, 1.165) is 6.42 Å². The van der Waals surface area contributed by atoms with Gasteiger partial charge in [0.2, 0.25) is 8.83 Å². The molecule has 0 aliphatic carbocycles. The van der Waals surface area contributed by atoms with Gasteiger partial charge in [0.05, 0.1) is 0 Å². The summed E-state index contributed by atoms with van der Waals surface area (Å²) in [5.41, 5.74) is 1.97. The van der Waals surface area contributed by atoms with E-state index in [2.05, 4.69) is 13.0 Å². The first-order valence-electron chi connectivity index (χ1n) is 1.93. The molecule has 0 nitrogen and oxygen atoms in total. The molecule has 0 rings (SSSR count). The number of hydrogen-bond acceptors (Lipinski definition) is 0. The molecule has 0 aromatic rings. The van der Waals surface area contributed by atoms with Crippen molar-refractivity contribution in [3.63, 3.8) is 0 Å². The maximum absolute atomic E-state index is 5.32. The van der Waals surface area contributed by atoms with Crippen LogP contribution in [0, 0.1) is 0 Å². The Morgan fingerprint density at radius 1 is 1.83 bits per heavy atom. The zero-order chi connectivity index (χ0) is 4.83. The van der Waals surface area contributed by atoms with Crippen LogP contribution in [0.2, 0.25) is 0 Å². The van der Waals surface area contributed by atoms with Gasteiger partial charge in [0.1, 0.15) is 0 Å². The van der Waals surface area contributed by atoms with Crippen molar-refractivity contribution in [1.82, 2.24) is 0 Å². The maximum atomic E-state index is 5.32. The van der Waals surface area contributed by atoms with Crippen LogP contribution in [-0.2, 0) is 0 Å². The molecule has 0 saturated heterocycles. The number of allylic oxidation sites excluding steroid dienone is 1. The summed E-state index contributed by atoms with van der Waals surface area (Å²) in [6, 6.07) is 0. The monoisotopic (exact) mass is 118 g/mol. The first kappa shape index (κ1) is 6.25. The number of hydrogen-bond donors (Lipinski definition) is 0. The molecular formula is C4H7ClSi. The van der Waals surface area contributed by atoms with E-state index in [4.69, 9.17) is 11.1 Å². The largest absolute Gasteiger partial charge is 0.202 e. The standard InChI is InChI=1S/C4H7ClSi/c1-2-3-4-6-5/h3-4H,2H2,1H3/b4-3+. The second kappa shape index (κ2) is 5.25. The molecule has 0 amide bonds. The molecule has 0 spiro atoms. The third kappa shape index (κ3) is 4.25. The molecule has 0 aromatic carbocycles. The van der Waals surface area contributed by atoms with Crippen LogP contribution < -0.4 is 0 Å². The summed E-state index contributed by atoms with van der Waals surface area (Å²) in [7, 11) is 0.456. The maximum Gasteiger partial charge on any atom is 0.202 e. The minimum atomic E-state index is 0.456. The Morgan fingerprint density at radius 2 is 2.50 bits per heavy atom. The fraction of sp³-hybridized carbons (Fsp3) is 0.500. The zero-order valence-electron chi connectivity index (χ0n) is 3.74. The van der Waals surface area contributed by atoms with Gasteiger partial charge in [0, 0.05) is 0 Å². The topological polar surface area (TPSA) is 0 Å². The lowest BCUT2D eigenvalue weighted by molar-refractivity contribution is 1.23. The molecule has 0 aliphatic rings. The highest BCUT2D eigenvalue weighted by Crippen LogP contribution is 1.77. The van der Waals surface area contributed by atoms with Crippen LogP contribution in [0.4, 0.5) is 0 Å². The fourth-order valence-corrected chi connectivity index (χ4v) is 0.754. The number of halogens is 1. The van der Waals surface area contributed by atoms with E-state index in [1.165, 1.54) is 0 Å². The van der Waals surface area contributed by atoms with Crippen LogP contribution in [0.1, 0.15) is 13.3 Å². The van der Waals surface area contributed by atoms with Crippen molar-refractivity contribution in [2.24, 2.45) is 0 Å². The summed E-state index contributed by atoms with van der Waals surface area (Å²) >= 11 is 5.32. The molecule has 0 aliphatic heterocycles. The Labute approximate surface area is 45.7 Å². The Hall–Kier alpha value is 0.247. The Balaban J connectivity index is 2.73. The summed E-state index contributed by atoms with van der Waals surface area (Å²) in [4.78, 5) is 0. The molecule has 34 valence electrons. The molecule has 0 saturated carbocycles. The van der Waals surface area contributed by atoms with E-state index in [1.54, 1.807) is 0 Å². The highest BCUT2D eigenvalue weighted by Gasteiger charge is 1.65. The molecule has 2 heteroatoms. The summed E-state index contributed by atoms with van der Waals surface area (Å²) in [5.74, 6) is 0. The predicted molar refractivity (Wildman–Crippen MR) is 31.0 cm³/mol. The van der Waals surface area contributed by atoms with Crippen LogP contribution >= 0.6 is 11.1 Å². The van der Waals surface area contributed by atoms with Gasteiger partial charge in [0.25, 0.3) is 0 Å². The van der Waals surface area contributed by atoms with E-state index >= 15 is 0 Å². The van der Waals surface area contributed by atoms with Gasteiger partial charge in [-0.1, -0.05) is 18.7 Å². The van der Waals surface area contributed by atoms with Gasteiger partial charge in [-0.2, -0.15) is 11.1 Å². The van der Waals surface area contributed by atoms with Crippen molar-refractivity contribution in [2.75, 3.05) is 0 Å². The zero-order valence-corrected chi connectivity index (χ0v) is 5.50. The Kier molecular flexibility index (Phi) is 5.46. The number of rotatable bonds is 2. The highest BCUT2D eigenvalue weighted by atomic mass is 35.6. The van der Waals surface area contributed by atoms with Gasteiger partial charge < -0.3 is 0 Å². The van der Waals surface area contributed by atoms with Crippen molar-refractivity contribution >= 4 is 19.9 Å². The lowest BCUT2D eigenvalue weighted by Crippen LogP contribution is -1.62. The first-order chi connectivity index (χ1) is 2.91. The van der Waals surface area contributed by atoms with Gasteiger partial charge in [-0.05, 0) is 6.42 Å². The molecule has 2 radical (unpaired) electrons. The van der Waals surface area contributed by atoms with Crippen LogP contribution in [-0.4, -0.2) is 8.83 Å². The highest BCUT2D eigenvalue weighted by molar-refractivity contribution is 6.96. The Bertz CT molecular complexity index is 36.8. The average molecular weight is 119 g/mol. The summed E-state index contributed by atoms with van der Waals surface area (Å²) in [6.07, 6.45) is 3.16. The van der Waals surface area contributed by atoms with Gasteiger partial charge in [-0.25, -0.2) is 0 Å². The second-order valence-corrected chi connectivity index (χ2v) is 2.13. The van der Waals surface area contributed by atoms with Gasteiger partial charge in [0.15, 0.2) is 0 Å². The van der Waals surface area contributed by atoms with E-state index in [0.29, 0.717) is 8.83 Å². The molecule has 0 unspecified atom stereocenters. The summed E-state index contributed by atoms with van der Waals surface area (Å²) < 4.78 is 0. The molecule has 0 fully saturated rings. The summed E-state index contributed by atoms with van der Waals surface area (Å²) in [6.45, 7) is 2.09. The predicted octanol–water partition coefficient (Wildman–Crippen LogP) is 1.77. The van der Waals surface area contributed by atoms with E-state index in [-0.39, 0.29) is 0 Å². The van der Waals surface area contributed by atoms with Crippen LogP contribution in [0.15, 0.2) is 11.8 Å². The third-order valence-electron chi connectivity index (χ3n) is 0.417. The fourth-order valence-electron chi connectivity index (χ4n) is 0.162. The second-order valence-electron chi connectivity index (χ2n) is 0.920. The molecule has 0 bridgehead atoms. The van der Waals surface area contributed by atoms with Gasteiger partial charge in [-0.3, -0.25) is 0 Å². The lowest BCUT2D eigenvalue weighted by Gasteiger charge is -1.69. The Morgan fingerprint density at radius 3 is 2.67 bits per heavy atom. The molecule has 0 heterocycles. The SMILES string of the molecule is CC/C=C/[Si]Cl.